The third-order valence-corrected chi connectivity index (χ3v) is 6.01. The molecule has 0 aliphatic carbocycles. The maximum Gasteiger partial charge on any atom is 0.254 e. The van der Waals surface area contributed by atoms with Crippen molar-refractivity contribution in [3.05, 3.63) is 75.9 Å². The zero-order valence-corrected chi connectivity index (χ0v) is 21.2. The topological polar surface area (TPSA) is 109 Å². The number of carbonyl (C=O) groups is 2. The molecule has 1 aliphatic rings. The van der Waals surface area contributed by atoms with Crippen LogP contribution >= 0.6 is 23.2 Å². The average molecular weight is 527 g/mol. The Kier molecular flexibility index (Phi) is 8.02. The summed E-state index contributed by atoms with van der Waals surface area (Å²) in [6.45, 7) is 3.95. The fourth-order valence-corrected chi connectivity index (χ4v) is 3.64. The Bertz CT molecular complexity index is 1280. The normalized spacial score (nSPS) is 15.3. The molecule has 0 saturated heterocycles. The summed E-state index contributed by atoms with van der Waals surface area (Å²) >= 11 is 11.9. The first-order chi connectivity index (χ1) is 17.3. The van der Waals surface area contributed by atoms with Crippen LogP contribution in [0, 0.1) is 6.92 Å². The predicted octanol–water partition coefficient (Wildman–Crippen LogP) is 4.59. The van der Waals surface area contributed by atoms with Gasteiger partial charge in [-0.2, -0.15) is 0 Å². The van der Waals surface area contributed by atoms with Crippen LogP contribution in [0.15, 0.2) is 59.6 Å². The molecule has 9 nitrogen and oxygen atoms in total. The van der Waals surface area contributed by atoms with Crippen molar-refractivity contribution in [3.63, 3.8) is 0 Å². The molecule has 0 saturated carbocycles. The number of hydrogen-bond donors (Lipinski definition) is 2. The summed E-state index contributed by atoms with van der Waals surface area (Å²) in [5.74, 6) is 0.806. The molecule has 0 radical (unpaired) electrons. The number of carbonyl (C=O) groups excluding carboxylic acids is 2. The highest BCUT2D eigenvalue weighted by Gasteiger charge is 2.33. The Morgan fingerprint density at radius 2 is 1.83 bits per heavy atom. The molecule has 36 heavy (non-hydrogen) atoms. The molecular formula is C25H24Cl2N6O3. The highest BCUT2D eigenvalue weighted by molar-refractivity contribution is 6.30. The number of guanidine groups is 1. The molecule has 1 unspecified atom stereocenters. The van der Waals surface area contributed by atoms with Crippen LogP contribution in [0.1, 0.15) is 24.5 Å². The number of halogens is 2. The smallest absolute Gasteiger partial charge is 0.254 e. The van der Waals surface area contributed by atoms with Crippen LogP contribution in [0.25, 0.3) is 0 Å². The Labute approximate surface area is 218 Å². The summed E-state index contributed by atoms with van der Waals surface area (Å²) in [4.78, 5) is 31.3. The number of anilines is 1. The summed E-state index contributed by atoms with van der Waals surface area (Å²) in [7, 11) is 0. The van der Waals surface area contributed by atoms with Gasteiger partial charge in [0.2, 0.25) is 17.7 Å². The number of aryl methyl sites for hydroxylation is 1. The van der Waals surface area contributed by atoms with Crippen LogP contribution in [-0.4, -0.2) is 45.5 Å². The van der Waals surface area contributed by atoms with Gasteiger partial charge in [0, 0.05) is 23.2 Å². The van der Waals surface area contributed by atoms with Gasteiger partial charge in [0.15, 0.2) is 5.15 Å². The number of amides is 2. The van der Waals surface area contributed by atoms with E-state index in [1.807, 2.05) is 19.1 Å². The Morgan fingerprint density at radius 3 is 2.50 bits per heavy atom. The molecule has 0 bridgehead atoms. The number of aromatic nitrogens is 2. The minimum absolute atomic E-state index is 0.139. The Hall–Kier alpha value is -3.69. The van der Waals surface area contributed by atoms with E-state index in [1.165, 1.54) is 4.90 Å². The van der Waals surface area contributed by atoms with Gasteiger partial charge in [-0.15, -0.1) is 10.2 Å². The number of ether oxygens (including phenoxy) is 1. The minimum atomic E-state index is -0.727. The van der Waals surface area contributed by atoms with Crippen LogP contribution in [0.5, 0.6) is 11.6 Å². The lowest BCUT2D eigenvalue weighted by Gasteiger charge is -2.32. The second-order valence-corrected chi connectivity index (χ2v) is 8.89. The summed E-state index contributed by atoms with van der Waals surface area (Å²) in [6, 6.07) is 15.3. The van der Waals surface area contributed by atoms with Gasteiger partial charge in [-0.3, -0.25) is 14.5 Å². The van der Waals surface area contributed by atoms with Gasteiger partial charge in [0.05, 0.1) is 13.1 Å². The van der Waals surface area contributed by atoms with Gasteiger partial charge in [-0.05, 0) is 54.4 Å². The lowest BCUT2D eigenvalue weighted by molar-refractivity contribution is -0.133. The summed E-state index contributed by atoms with van der Waals surface area (Å²) in [5, 5.41) is 14.6. The average Bonchev–Trinajstić information content (AvgIpc) is 2.87. The maximum absolute atomic E-state index is 13.3. The highest BCUT2D eigenvalue weighted by Crippen LogP contribution is 2.24. The van der Waals surface area contributed by atoms with E-state index >= 15 is 0 Å². The largest absolute Gasteiger partial charge is 0.438 e. The van der Waals surface area contributed by atoms with Crippen LogP contribution in [0.2, 0.25) is 10.2 Å². The van der Waals surface area contributed by atoms with E-state index in [4.69, 9.17) is 27.9 Å². The second-order valence-electron chi connectivity index (χ2n) is 8.10. The molecule has 3 aromatic rings. The number of nitrogens with one attached hydrogen (secondary N) is 2. The van der Waals surface area contributed by atoms with E-state index in [0.717, 1.165) is 11.1 Å². The molecular weight excluding hydrogens is 503 g/mol. The molecule has 1 aliphatic heterocycles. The van der Waals surface area contributed by atoms with Crippen LogP contribution in [0.4, 0.5) is 5.69 Å². The van der Waals surface area contributed by atoms with Gasteiger partial charge in [0.1, 0.15) is 11.8 Å². The highest BCUT2D eigenvalue weighted by atomic mass is 35.5. The molecule has 0 spiro atoms. The van der Waals surface area contributed by atoms with Crippen molar-refractivity contribution in [1.29, 1.82) is 0 Å². The maximum atomic E-state index is 13.3. The van der Waals surface area contributed by atoms with E-state index in [1.54, 1.807) is 49.4 Å². The molecule has 0 fully saturated rings. The number of aliphatic imine (C=N–C) groups is 1. The lowest BCUT2D eigenvalue weighted by atomic mass is 10.1. The van der Waals surface area contributed by atoms with Crippen LogP contribution in [-0.2, 0) is 16.1 Å². The number of benzene rings is 2. The van der Waals surface area contributed by atoms with Crippen molar-refractivity contribution in [3.8, 4) is 11.6 Å². The van der Waals surface area contributed by atoms with E-state index in [2.05, 4.69) is 25.8 Å². The SMILES string of the molecule is CCC(=O)NC1CN=C(Nc2ccc(Oc3cc(C)c(Cl)nn3)cc2)N(Cc2ccc(Cl)cc2)C1=O. The van der Waals surface area contributed by atoms with Crippen molar-refractivity contribution in [2.75, 3.05) is 11.9 Å². The first kappa shape index (κ1) is 25.4. The number of hydrogen-bond acceptors (Lipinski definition) is 7. The molecule has 11 heteroatoms. The molecule has 2 aromatic carbocycles. The second kappa shape index (κ2) is 11.4. The third-order valence-electron chi connectivity index (χ3n) is 5.39. The van der Waals surface area contributed by atoms with Crippen molar-refractivity contribution < 1.29 is 14.3 Å². The first-order valence-corrected chi connectivity index (χ1v) is 12.0. The molecule has 1 atom stereocenters. The van der Waals surface area contributed by atoms with Gasteiger partial charge < -0.3 is 15.4 Å². The molecule has 2 N–H and O–H groups in total. The van der Waals surface area contributed by atoms with Gasteiger partial charge in [-0.25, -0.2) is 4.99 Å². The van der Waals surface area contributed by atoms with Crippen molar-refractivity contribution >= 4 is 46.7 Å². The molecule has 4 rings (SSSR count). The van der Waals surface area contributed by atoms with Gasteiger partial charge >= 0.3 is 0 Å². The van der Waals surface area contributed by atoms with Crippen LogP contribution in [0.3, 0.4) is 0 Å². The van der Waals surface area contributed by atoms with Crippen molar-refractivity contribution in [1.82, 2.24) is 20.4 Å². The Balaban J connectivity index is 1.51. The first-order valence-electron chi connectivity index (χ1n) is 11.3. The standard InChI is InChI=1S/C25H24Cl2N6O3/c1-3-21(34)30-20-13-28-25(33(24(20)35)14-16-4-6-17(26)7-5-16)29-18-8-10-19(11-9-18)36-22-12-15(2)23(27)32-31-22/h4-12,20H,3,13-14H2,1-2H3,(H,28,29)(H,30,34). The van der Waals surface area contributed by atoms with E-state index in [-0.39, 0.29) is 31.3 Å². The fraction of sp³-hybridized carbons (Fsp3) is 0.240. The summed E-state index contributed by atoms with van der Waals surface area (Å²) in [5.41, 5.74) is 2.33. The number of rotatable bonds is 7. The molecule has 1 aromatic heterocycles. The molecule has 186 valence electrons. The minimum Gasteiger partial charge on any atom is -0.438 e. The van der Waals surface area contributed by atoms with Crippen molar-refractivity contribution in [2.45, 2.75) is 32.9 Å². The Morgan fingerprint density at radius 1 is 1.11 bits per heavy atom. The third kappa shape index (κ3) is 6.30. The van der Waals surface area contributed by atoms with Crippen LogP contribution < -0.4 is 15.4 Å². The predicted molar refractivity (Wildman–Crippen MR) is 138 cm³/mol. The number of nitrogens with zero attached hydrogens (tertiary/aromatic N) is 4. The van der Waals surface area contributed by atoms with E-state index in [0.29, 0.717) is 33.5 Å². The fourth-order valence-electron chi connectivity index (χ4n) is 3.42. The van der Waals surface area contributed by atoms with Gasteiger partial charge in [-0.1, -0.05) is 42.3 Å². The quantitative estimate of drug-likeness (QED) is 0.466. The summed E-state index contributed by atoms with van der Waals surface area (Å²) < 4.78 is 5.74. The monoisotopic (exact) mass is 526 g/mol. The molecule has 2 heterocycles. The lowest BCUT2D eigenvalue weighted by Crippen LogP contribution is -2.56. The van der Waals surface area contributed by atoms with Crippen molar-refractivity contribution in [2.24, 2.45) is 4.99 Å². The van der Waals surface area contributed by atoms with E-state index < -0.39 is 6.04 Å². The molecule has 2 amide bonds. The van der Waals surface area contributed by atoms with Gasteiger partial charge in [0.25, 0.3) is 5.91 Å². The zero-order chi connectivity index (χ0) is 25.7. The van der Waals surface area contributed by atoms with E-state index in [9.17, 15) is 9.59 Å². The summed E-state index contributed by atoms with van der Waals surface area (Å²) in [6.07, 6.45) is 0.283. The zero-order valence-electron chi connectivity index (χ0n) is 19.7.